The number of piperidine rings is 1. The van der Waals surface area contributed by atoms with E-state index >= 15 is 4.39 Å². The number of amides is 2. The van der Waals surface area contributed by atoms with Gasteiger partial charge in [0.05, 0.1) is 11.4 Å². The largest absolute Gasteiger partial charge is 0.457 e. The smallest absolute Gasteiger partial charge is 0.251 e. The first kappa shape index (κ1) is 31.1. The van der Waals surface area contributed by atoms with Crippen LogP contribution in [0.25, 0.3) is 11.3 Å². The maximum absolute atomic E-state index is 15.3. The normalized spacial score (nSPS) is 19.9. The first-order valence-electron chi connectivity index (χ1n) is 16.5. The van der Waals surface area contributed by atoms with Crippen LogP contribution < -0.4 is 10.1 Å². The van der Waals surface area contributed by atoms with Gasteiger partial charge < -0.3 is 19.9 Å². The minimum absolute atomic E-state index is 0.0965. The number of benzene rings is 2. The molecule has 9 heteroatoms. The minimum atomic E-state index is -0.484. The molecule has 0 bridgehead atoms. The highest BCUT2D eigenvalue weighted by molar-refractivity contribution is 5.95. The number of carbonyl (C=O) groups excluding carboxylic acids is 2. The molecule has 2 amide bonds. The third-order valence-electron chi connectivity index (χ3n) is 9.53. The van der Waals surface area contributed by atoms with Crippen LogP contribution >= 0.6 is 0 Å². The fourth-order valence-electron chi connectivity index (χ4n) is 6.88. The van der Waals surface area contributed by atoms with Crippen molar-refractivity contribution >= 4 is 11.8 Å². The van der Waals surface area contributed by atoms with E-state index in [1.54, 1.807) is 30.3 Å². The zero-order valence-corrected chi connectivity index (χ0v) is 26.6. The van der Waals surface area contributed by atoms with Gasteiger partial charge in [-0.2, -0.15) is 10.2 Å². The minimum Gasteiger partial charge on any atom is -0.457 e. The topological polar surface area (TPSA) is 87.7 Å². The van der Waals surface area contributed by atoms with Crippen LogP contribution in [0.3, 0.4) is 0 Å². The summed E-state index contributed by atoms with van der Waals surface area (Å²) >= 11 is 0. The Morgan fingerprint density at radius 2 is 1.80 bits per heavy atom. The summed E-state index contributed by atoms with van der Waals surface area (Å²) in [5, 5.41) is 11.7. The Labute approximate surface area is 265 Å². The van der Waals surface area contributed by atoms with Crippen molar-refractivity contribution in [2.45, 2.75) is 90.3 Å². The molecule has 1 N–H and O–H groups in total. The maximum Gasteiger partial charge on any atom is 0.251 e. The zero-order chi connectivity index (χ0) is 31.5. The SMILES string of the molecule is CC(C)c1ccc(-c2ccc(Oc3cc(C(=O)NC4CCN(C5CCCC5)CC4)ccc3CN3C[C@@H](C)CC3=O)cc2F)nn1. The third-order valence-corrected chi connectivity index (χ3v) is 9.53. The molecule has 3 aliphatic rings. The molecule has 2 aliphatic heterocycles. The van der Waals surface area contributed by atoms with Crippen molar-refractivity contribution in [2.75, 3.05) is 19.6 Å². The summed E-state index contributed by atoms with van der Waals surface area (Å²) in [6.07, 6.45) is 7.63. The second kappa shape index (κ2) is 13.6. The summed E-state index contributed by atoms with van der Waals surface area (Å²) in [4.78, 5) is 30.4. The number of carbonyl (C=O) groups is 2. The highest BCUT2D eigenvalue weighted by Gasteiger charge is 2.29. The fraction of sp³-hybridized carbons (Fsp3) is 0.500. The van der Waals surface area contributed by atoms with E-state index in [0.717, 1.165) is 37.2 Å². The van der Waals surface area contributed by atoms with Crippen molar-refractivity contribution in [3.63, 3.8) is 0 Å². The number of likely N-dealkylation sites (tertiary alicyclic amines) is 2. The van der Waals surface area contributed by atoms with Crippen LogP contribution in [0.5, 0.6) is 11.5 Å². The second-order valence-corrected chi connectivity index (χ2v) is 13.4. The zero-order valence-electron chi connectivity index (χ0n) is 26.6. The Morgan fingerprint density at radius 1 is 1.02 bits per heavy atom. The molecule has 3 aromatic rings. The Kier molecular flexibility index (Phi) is 9.45. The molecule has 238 valence electrons. The summed E-state index contributed by atoms with van der Waals surface area (Å²) < 4.78 is 21.6. The van der Waals surface area contributed by atoms with Crippen molar-refractivity contribution in [3.8, 4) is 22.8 Å². The predicted octanol–water partition coefficient (Wildman–Crippen LogP) is 6.70. The van der Waals surface area contributed by atoms with E-state index in [2.05, 4.69) is 27.3 Å². The highest BCUT2D eigenvalue weighted by Crippen LogP contribution is 2.33. The molecule has 1 saturated carbocycles. The molecule has 1 aromatic heterocycles. The Bertz CT molecular complexity index is 1510. The highest BCUT2D eigenvalue weighted by atomic mass is 19.1. The summed E-state index contributed by atoms with van der Waals surface area (Å²) in [7, 11) is 0. The number of rotatable bonds is 9. The van der Waals surface area contributed by atoms with Crippen molar-refractivity contribution in [1.29, 1.82) is 0 Å². The standard InChI is InChI=1S/C36H44FN5O3/c1-23(2)32-12-13-33(40-39-32)30-11-10-29(20-31(30)37)45-34-19-25(8-9-26(34)22-42-21-24(3)18-35(42)43)36(44)38-27-14-16-41(17-15-27)28-6-4-5-7-28/h8-13,19-20,23-24,27-28H,4-7,14-18,21-22H2,1-3H3,(H,38,44)/t24-/m0/s1. The monoisotopic (exact) mass is 613 g/mol. The van der Waals surface area contributed by atoms with E-state index in [1.165, 1.54) is 31.7 Å². The molecule has 1 aliphatic carbocycles. The first-order valence-corrected chi connectivity index (χ1v) is 16.5. The van der Waals surface area contributed by atoms with E-state index in [-0.39, 0.29) is 29.7 Å². The van der Waals surface area contributed by atoms with Gasteiger partial charge in [0.2, 0.25) is 5.91 Å². The van der Waals surface area contributed by atoms with Crippen LogP contribution in [0.1, 0.15) is 93.3 Å². The number of aromatic nitrogens is 2. The molecule has 3 fully saturated rings. The molecule has 3 heterocycles. The lowest BCUT2D eigenvalue weighted by molar-refractivity contribution is -0.128. The second-order valence-electron chi connectivity index (χ2n) is 13.4. The van der Waals surface area contributed by atoms with Gasteiger partial charge in [-0.25, -0.2) is 4.39 Å². The van der Waals surface area contributed by atoms with Gasteiger partial charge in [0, 0.05) is 67.4 Å². The molecule has 45 heavy (non-hydrogen) atoms. The van der Waals surface area contributed by atoms with Crippen LogP contribution in [0.2, 0.25) is 0 Å². The molecule has 2 aromatic carbocycles. The molecule has 1 atom stereocenters. The number of hydrogen-bond donors (Lipinski definition) is 1. The van der Waals surface area contributed by atoms with Gasteiger partial charge in [0.1, 0.15) is 17.3 Å². The van der Waals surface area contributed by atoms with Crippen molar-refractivity contribution in [1.82, 2.24) is 25.3 Å². The van der Waals surface area contributed by atoms with Crippen LogP contribution in [-0.4, -0.2) is 63.5 Å². The molecule has 2 saturated heterocycles. The number of halogens is 1. The van der Waals surface area contributed by atoms with Crippen molar-refractivity contribution in [3.05, 3.63) is 71.2 Å². The van der Waals surface area contributed by atoms with E-state index < -0.39 is 5.82 Å². The Balaban J connectivity index is 1.19. The number of ether oxygens (including phenoxy) is 1. The van der Waals surface area contributed by atoms with E-state index in [0.29, 0.717) is 53.9 Å². The molecule has 0 spiro atoms. The van der Waals surface area contributed by atoms with Crippen molar-refractivity contribution in [2.24, 2.45) is 5.92 Å². The predicted molar refractivity (Wildman–Crippen MR) is 172 cm³/mol. The van der Waals surface area contributed by atoms with Crippen LogP contribution in [0, 0.1) is 11.7 Å². The summed E-state index contributed by atoms with van der Waals surface area (Å²) in [5.41, 5.74) is 2.85. The Morgan fingerprint density at radius 3 is 2.44 bits per heavy atom. The van der Waals surface area contributed by atoms with Gasteiger partial charge in [0.25, 0.3) is 5.91 Å². The van der Waals surface area contributed by atoms with Gasteiger partial charge in [-0.05, 0) is 73.9 Å². The van der Waals surface area contributed by atoms with Crippen LogP contribution in [0.4, 0.5) is 4.39 Å². The molecule has 0 unspecified atom stereocenters. The molecule has 8 nitrogen and oxygen atoms in total. The summed E-state index contributed by atoms with van der Waals surface area (Å²) in [6, 6.07) is 14.5. The Hall–Kier alpha value is -3.85. The summed E-state index contributed by atoms with van der Waals surface area (Å²) in [5.74, 6) is 0.698. The van der Waals surface area contributed by atoms with Gasteiger partial charge in [-0.3, -0.25) is 9.59 Å². The fourth-order valence-corrected chi connectivity index (χ4v) is 6.88. The molecule has 6 rings (SSSR count). The van der Waals surface area contributed by atoms with E-state index in [1.807, 2.05) is 30.9 Å². The third kappa shape index (κ3) is 7.35. The van der Waals surface area contributed by atoms with E-state index in [9.17, 15) is 9.59 Å². The number of nitrogens with one attached hydrogen (secondary N) is 1. The van der Waals surface area contributed by atoms with Gasteiger partial charge in [0.15, 0.2) is 0 Å². The average molecular weight is 614 g/mol. The van der Waals surface area contributed by atoms with Crippen molar-refractivity contribution < 1.29 is 18.7 Å². The van der Waals surface area contributed by atoms with Crippen LogP contribution in [0.15, 0.2) is 48.5 Å². The number of nitrogens with zero attached hydrogens (tertiary/aromatic N) is 4. The number of hydrogen-bond acceptors (Lipinski definition) is 6. The lowest BCUT2D eigenvalue weighted by Gasteiger charge is -2.36. The lowest BCUT2D eigenvalue weighted by atomic mass is 10.0. The molecule has 0 radical (unpaired) electrons. The van der Waals surface area contributed by atoms with Gasteiger partial charge in [-0.1, -0.05) is 39.7 Å². The molecular formula is C36H44FN5O3. The van der Waals surface area contributed by atoms with Gasteiger partial charge in [-0.15, -0.1) is 0 Å². The van der Waals surface area contributed by atoms with E-state index in [4.69, 9.17) is 4.74 Å². The lowest BCUT2D eigenvalue weighted by Crippen LogP contribution is -2.47. The maximum atomic E-state index is 15.3. The van der Waals surface area contributed by atoms with Gasteiger partial charge >= 0.3 is 0 Å². The molecular weight excluding hydrogens is 569 g/mol. The quantitative estimate of drug-likeness (QED) is 0.289. The van der Waals surface area contributed by atoms with Crippen LogP contribution in [-0.2, 0) is 11.3 Å². The average Bonchev–Trinajstić information content (AvgIpc) is 3.68. The summed E-state index contributed by atoms with van der Waals surface area (Å²) in [6.45, 7) is 9.18. The first-order chi connectivity index (χ1) is 21.7.